The van der Waals surface area contributed by atoms with E-state index in [0.717, 1.165) is 22.5 Å². The van der Waals surface area contributed by atoms with Gasteiger partial charge in [0.25, 0.3) is 0 Å². The fraction of sp³-hybridized carbons (Fsp3) is 0.267. The highest BCUT2D eigenvalue weighted by atomic mass is 19.1. The van der Waals surface area contributed by atoms with Crippen molar-refractivity contribution >= 4 is 0 Å². The second kappa shape index (κ2) is 5.98. The number of aryl methyl sites for hydroxylation is 2. The first-order valence-corrected chi connectivity index (χ1v) is 6.30. The first kappa shape index (κ1) is 14.4. The third-order valence-corrected chi connectivity index (χ3v) is 3.11. The molecule has 0 aliphatic heterocycles. The van der Waals surface area contributed by atoms with E-state index in [-0.39, 0.29) is 11.8 Å². The van der Waals surface area contributed by atoms with Gasteiger partial charge in [0.2, 0.25) is 0 Å². The van der Waals surface area contributed by atoms with E-state index >= 15 is 0 Å². The van der Waals surface area contributed by atoms with Gasteiger partial charge in [0.1, 0.15) is 0 Å². The predicted molar refractivity (Wildman–Crippen MR) is 75.8 cm³/mol. The van der Waals surface area contributed by atoms with Crippen LogP contribution in [0.2, 0.25) is 0 Å². The predicted octanol–water partition coefficient (Wildman–Crippen LogP) is 2.40. The smallest absolute Gasteiger partial charge is 0.165 e. The molecule has 0 spiro atoms. The minimum absolute atomic E-state index is 0.214. The summed E-state index contributed by atoms with van der Waals surface area (Å²) in [5.74, 6) is 5.44. The van der Waals surface area contributed by atoms with Gasteiger partial charge in [-0.25, -0.2) is 9.82 Å². The fourth-order valence-corrected chi connectivity index (χ4v) is 2.28. The van der Waals surface area contributed by atoms with Crippen LogP contribution in [0.3, 0.4) is 0 Å². The lowest BCUT2D eigenvalue weighted by molar-refractivity contribution is 0.385. The molecule has 20 heavy (non-hydrogen) atoms. The number of ether oxygens (including phenoxy) is 1. The lowest BCUT2D eigenvalue weighted by atomic mass is 9.98. The number of halogens is 1. The molecule has 0 aliphatic carbocycles. The van der Waals surface area contributed by atoms with E-state index in [2.05, 4.69) is 10.4 Å². The zero-order valence-electron chi connectivity index (χ0n) is 11.8. The van der Waals surface area contributed by atoms with Crippen molar-refractivity contribution in [3.63, 3.8) is 0 Å². The average Bonchev–Trinajstić information content (AvgIpc) is 2.38. The number of nitrogens with one attached hydrogen (secondary N) is 1. The number of hydrazine groups is 1. The molecule has 4 nitrogen and oxygen atoms in total. The molecule has 3 N–H and O–H groups in total. The Labute approximate surface area is 117 Å². The first-order valence-electron chi connectivity index (χ1n) is 6.30. The van der Waals surface area contributed by atoms with Crippen LogP contribution in [0.15, 0.2) is 30.3 Å². The van der Waals surface area contributed by atoms with Crippen LogP contribution in [-0.4, -0.2) is 12.1 Å². The fourth-order valence-electron chi connectivity index (χ4n) is 2.28. The maximum Gasteiger partial charge on any atom is 0.165 e. The van der Waals surface area contributed by atoms with E-state index in [4.69, 9.17) is 10.6 Å². The highest BCUT2D eigenvalue weighted by Crippen LogP contribution is 2.26. The second-order valence-electron chi connectivity index (χ2n) is 4.68. The van der Waals surface area contributed by atoms with Crippen molar-refractivity contribution in [3.05, 3.63) is 58.7 Å². The molecule has 106 valence electrons. The highest BCUT2D eigenvalue weighted by molar-refractivity contribution is 5.37. The summed E-state index contributed by atoms with van der Waals surface area (Å²) in [7, 11) is 1.44. The molecule has 0 amide bonds. The van der Waals surface area contributed by atoms with Crippen LogP contribution in [0.1, 0.15) is 28.6 Å². The number of hydrogen-bond donors (Lipinski definition) is 2. The minimum Gasteiger partial charge on any atom is -0.494 e. The third-order valence-electron chi connectivity index (χ3n) is 3.11. The van der Waals surface area contributed by atoms with E-state index in [1.165, 1.54) is 13.2 Å². The molecule has 2 aromatic rings. The van der Waals surface area contributed by atoms with Gasteiger partial charge in [0, 0.05) is 11.4 Å². The van der Waals surface area contributed by atoms with Gasteiger partial charge in [-0.05, 0) is 49.2 Å². The van der Waals surface area contributed by atoms with Gasteiger partial charge >= 0.3 is 0 Å². The van der Waals surface area contributed by atoms with Crippen molar-refractivity contribution in [3.8, 4) is 5.75 Å². The normalized spacial score (nSPS) is 12.2. The topological polar surface area (TPSA) is 60.2 Å². The summed E-state index contributed by atoms with van der Waals surface area (Å²) < 4.78 is 18.7. The summed E-state index contributed by atoms with van der Waals surface area (Å²) in [6.07, 6.45) is 0. The van der Waals surface area contributed by atoms with Gasteiger partial charge in [0.05, 0.1) is 13.2 Å². The molecular weight excluding hydrogens is 257 g/mol. The number of pyridine rings is 1. The highest BCUT2D eigenvalue weighted by Gasteiger charge is 2.15. The number of benzene rings is 1. The number of methoxy groups -OCH3 is 1. The molecule has 1 atom stereocenters. The van der Waals surface area contributed by atoms with E-state index < -0.39 is 5.82 Å². The Morgan fingerprint density at radius 1 is 1.15 bits per heavy atom. The second-order valence-corrected chi connectivity index (χ2v) is 4.68. The lowest BCUT2D eigenvalue weighted by Gasteiger charge is -2.18. The molecular formula is C15H18FN3O. The monoisotopic (exact) mass is 275 g/mol. The largest absolute Gasteiger partial charge is 0.494 e. The van der Waals surface area contributed by atoms with E-state index in [1.54, 1.807) is 12.1 Å². The van der Waals surface area contributed by atoms with Crippen LogP contribution in [0.5, 0.6) is 5.75 Å². The molecule has 0 fully saturated rings. The molecule has 1 aromatic carbocycles. The summed E-state index contributed by atoms with van der Waals surface area (Å²) in [4.78, 5) is 4.33. The quantitative estimate of drug-likeness (QED) is 0.664. The molecule has 5 heteroatoms. The van der Waals surface area contributed by atoms with Gasteiger partial charge < -0.3 is 4.74 Å². The van der Waals surface area contributed by atoms with Crippen molar-refractivity contribution in [2.45, 2.75) is 19.9 Å². The molecule has 2 rings (SSSR count). The first-order chi connectivity index (χ1) is 9.55. The number of nitrogens with two attached hydrogens (primary N) is 1. The molecule has 0 aliphatic rings. The number of rotatable bonds is 4. The van der Waals surface area contributed by atoms with E-state index in [0.29, 0.717) is 0 Å². The number of nitrogens with zero attached hydrogens (tertiary/aromatic N) is 1. The van der Waals surface area contributed by atoms with E-state index in [1.807, 2.05) is 26.0 Å². The minimum atomic E-state index is -0.409. The van der Waals surface area contributed by atoms with Crippen LogP contribution >= 0.6 is 0 Å². The average molecular weight is 275 g/mol. The van der Waals surface area contributed by atoms with Crippen molar-refractivity contribution in [1.82, 2.24) is 10.4 Å². The Morgan fingerprint density at radius 3 is 2.30 bits per heavy atom. The van der Waals surface area contributed by atoms with E-state index in [9.17, 15) is 4.39 Å². The van der Waals surface area contributed by atoms with Crippen molar-refractivity contribution < 1.29 is 9.13 Å². The maximum absolute atomic E-state index is 13.8. The zero-order chi connectivity index (χ0) is 14.7. The maximum atomic E-state index is 13.8. The van der Waals surface area contributed by atoms with Gasteiger partial charge in [-0.15, -0.1) is 0 Å². The van der Waals surface area contributed by atoms with Gasteiger partial charge in [0.15, 0.2) is 11.6 Å². The van der Waals surface area contributed by atoms with Crippen LogP contribution in [0, 0.1) is 19.7 Å². The van der Waals surface area contributed by atoms with Crippen molar-refractivity contribution in [1.29, 1.82) is 0 Å². The molecule has 1 heterocycles. The third kappa shape index (κ3) is 2.95. The summed E-state index contributed by atoms with van der Waals surface area (Å²) >= 11 is 0. The summed E-state index contributed by atoms with van der Waals surface area (Å²) in [5, 5.41) is 0. The lowest BCUT2D eigenvalue weighted by Crippen LogP contribution is -2.29. The molecule has 0 radical (unpaired) electrons. The van der Waals surface area contributed by atoms with Crippen LogP contribution < -0.4 is 16.0 Å². The zero-order valence-corrected chi connectivity index (χ0v) is 11.8. The Bertz CT molecular complexity index is 596. The summed E-state index contributed by atoms with van der Waals surface area (Å²) in [6, 6.07) is 8.37. The SMILES string of the molecule is COc1ccc(C(NN)c2cc(C)nc(C)c2)cc1F. The van der Waals surface area contributed by atoms with Crippen molar-refractivity contribution in [2.75, 3.05) is 7.11 Å². The Balaban J connectivity index is 2.44. The molecule has 1 unspecified atom stereocenters. The summed E-state index contributed by atoms with van der Waals surface area (Å²) in [5.41, 5.74) is 6.19. The Hall–Kier alpha value is -1.98. The van der Waals surface area contributed by atoms with Crippen LogP contribution in [-0.2, 0) is 0 Å². The van der Waals surface area contributed by atoms with Gasteiger partial charge in [-0.3, -0.25) is 10.8 Å². The van der Waals surface area contributed by atoms with Crippen LogP contribution in [0.25, 0.3) is 0 Å². The number of aromatic nitrogens is 1. The molecule has 0 bridgehead atoms. The van der Waals surface area contributed by atoms with Crippen molar-refractivity contribution in [2.24, 2.45) is 5.84 Å². The Morgan fingerprint density at radius 2 is 1.80 bits per heavy atom. The number of hydrogen-bond acceptors (Lipinski definition) is 4. The summed E-state index contributed by atoms with van der Waals surface area (Å²) in [6.45, 7) is 3.83. The van der Waals surface area contributed by atoms with Gasteiger partial charge in [-0.1, -0.05) is 6.07 Å². The molecule has 1 aromatic heterocycles. The standard InChI is InChI=1S/C15H18FN3O/c1-9-6-12(7-10(2)18-9)15(19-17)11-4-5-14(20-3)13(16)8-11/h4-8,15,19H,17H2,1-3H3. The Kier molecular flexibility index (Phi) is 4.32. The van der Waals surface area contributed by atoms with Gasteiger partial charge in [-0.2, -0.15) is 0 Å². The molecule has 0 saturated carbocycles. The molecule has 0 saturated heterocycles. The van der Waals surface area contributed by atoms with Crippen LogP contribution in [0.4, 0.5) is 4.39 Å².